The van der Waals surface area contributed by atoms with E-state index < -0.39 is 10.0 Å². The van der Waals surface area contributed by atoms with E-state index in [1.807, 2.05) is 49.4 Å². The zero-order valence-electron chi connectivity index (χ0n) is 13.9. The molecule has 2 atom stereocenters. The number of anilines is 1. The van der Waals surface area contributed by atoms with Crippen molar-refractivity contribution < 1.29 is 13.5 Å². The third-order valence-electron chi connectivity index (χ3n) is 3.90. The molecule has 0 aliphatic carbocycles. The summed E-state index contributed by atoms with van der Waals surface area (Å²) in [5.41, 5.74) is 2.59. The SMILES string of the molecule is CCS(=O)(=O)Nc1ccc(C(C)NC(CO)c2ccccc2)cc1. The van der Waals surface area contributed by atoms with Gasteiger partial charge >= 0.3 is 0 Å². The van der Waals surface area contributed by atoms with Crippen molar-refractivity contribution >= 4 is 15.7 Å². The largest absolute Gasteiger partial charge is 0.394 e. The third kappa shape index (κ3) is 5.06. The van der Waals surface area contributed by atoms with Gasteiger partial charge in [0.2, 0.25) is 10.0 Å². The second-order valence-corrected chi connectivity index (χ2v) is 7.67. The van der Waals surface area contributed by atoms with Crippen molar-refractivity contribution in [3.8, 4) is 0 Å². The Bertz CT molecular complexity index is 731. The standard InChI is InChI=1S/C18H24N2O3S/c1-3-24(22,23)20-17-11-9-15(10-12-17)14(2)19-18(13-21)16-7-5-4-6-8-16/h4-12,14,18-21H,3,13H2,1-2H3. The number of sulfonamides is 1. The summed E-state index contributed by atoms with van der Waals surface area (Å²) in [5, 5.41) is 13.0. The van der Waals surface area contributed by atoms with Crippen LogP contribution in [0.4, 0.5) is 5.69 Å². The van der Waals surface area contributed by atoms with E-state index in [1.165, 1.54) is 0 Å². The summed E-state index contributed by atoms with van der Waals surface area (Å²) in [6.07, 6.45) is 0. The van der Waals surface area contributed by atoms with Crippen molar-refractivity contribution in [2.75, 3.05) is 17.1 Å². The van der Waals surface area contributed by atoms with Crippen molar-refractivity contribution in [3.63, 3.8) is 0 Å². The molecule has 2 aromatic carbocycles. The predicted octanol–water partition coefficient (Wildman–Crippen LogP) is 2.83. The Hall–Kier alpha value is -1.89. The van der Waals surface area contributed by atoms with E-state index >= 15 is 0 Å². The quantitative estimate of drug-likeness (QED) is 0.685. The van der Waals surface area contributed by atoms with Gasteiger partial charge in [0.1, 0.15) is 0 Å². The van der Waals surface area contributed by atoms with Gasteiger partial charge in [0.15, 0.2) is 0 Å². The molecule has 6 heteroatoms. The lowest BCUT2D eigenvalue weighted by atomic mass is 10.0. The molecule has 0 fully saturated rings. The Labute approximate surface area is 143 Å². The molecule has 0 spiro atoms. The summed E-state index contributed by atoms with van der Waals surface area (Å²) in [7, 11) is -3.26. The number of nitrogens with one attached hydrogen (secondary N) is 2. The van der Waals surface area contributed by atoms with Crippen LogP contribution in [-0.4, -0.2) is 25.9 Å². The van der Waals surface area contributed by atoms with Crippen LogP contribution in [0.25, 0.3) is 0 Å². The van der Waals surface area contributed by atoms with Gasteiger partial charge in [0.05, 0.1) is 18.4 Å². The number of benzene rings is 2. The normalized spacial score (nSPS) is 14.1. The van der Waals surface area contributed by atoms with E-state index in [0.717, 1.165) is 11.1 Å². The highest BCUT2D eigenvalue weighted by atomic mass is 32.2. The van der Waals surface area contributed by atoms with Gasteiger partial charge in [-0.1, -0.05) is 42.5 Å². The summed E-state index contributed by atoms with van der Waals surface area (Å²) in [6.45, 7) is 3.61. The lowest BCUT2D eigenvalue weighted by Crippen LogP contribution is -2.27. The van der Waals surface area contributed by atoms with Crippen molar-refractivity contribution in [1.29, 1.82) is 0 Å². The molecule has 0 bridgehead atoms. The molecule has 5 nitrogen and oxygen atoms in total. The minimum Gasteiger partial charge on any atom is -0.394 e. The summed E-state index contributed by atoms with van der Waals surface area (Å²) in [4.78, 5) is 0. The van der Waals surface area contributed by atoms with Gasteiger partial charge in [0.25, 0.3) is 0 Å². The van der Waals surface area contributed by atoms with E-state index in [4.69, 9.17) is 0 Å². The maximum Gasteiger partial charge on any atom is 0.232 e. The second-order valence-electron chi connectivity index (χ2n) is 5.66. The number of hydrogen-bond acceptors (Lipinski definition) is 4. The Kier molecular flexibility index (Phi) is 6.36. The molecule has 0 radical (unpaired) electrons. The lowest BCUT2D eigenvalue weighted by Gasteiger charge is -2.22. The number of aliphatic hydroxyl groups excluding tert-OH is 1. The van der Waals surface area contributed by atoms with Crippen molar-refractivity contribution in [3.05, 3.63) is 65.7 Å². The predicted molar refractivity (Wildman–Crippen MR) is 97.3 cm³/mol. The maximum absolute atomic E-state index is 11.6. The lowest BCUT2D eigenvalue weighted by molar-refractivity contribution is 0.235. The summed E-state index contributed by atoms with van der Waals surface area (Å²) in [5.74, 6) is 0.0436. The van der Waals surface area contributed by atoms with Gasteiger partial charge in [0, 0.05) is 11.7 Å². The van der Waals surface area contributed by atoms with Crippen LogP contribution in [0.2, 0.25) is 0 Å². The van der Waals surface area contributed by atoms with Crippen LogP contribution < -0.4 is 10.0 Å². The molecule has 0 aromatic heterocycles. The molecule has 24 heavy (non-hydrogen) atoms. The van der Waals surface area contributed by atoms with Crippen LogP contribution in [-0.2, 0) is 10.0 Å². The van der Waals surface area contributed by atoms with Crippen LogP contribution in [0.15, 0.2) is 54.6 Å². The second kappa shape index (κ2) is 8.28. The smallest absolute Gasteiger partial charge is 0.232 e. The number of rotatable bonds is 8. The van der Waals surface area contributed by atoms with Gasteiger partial charge in [-0.05, 0) is 37.1 Å². The average molecular weight is 348 g/mol. The van der Waals surface area contributed by atoms with Crippen LogP contribution in [0.1, 0.15) is 37.1 Å². The highest BCUT2D eigenvalue weighted by Crippen LogP contribution is 2.21. The van der Waals surface area contributed by atoms with Crippen molar-refractivity contribution in [2.24, 2.45) is 0 Å². The minimum atomic E-state index is -3.26. The Morgan fingerprint density at radius 3 is 2.17 bits per heavy atom. The molecule has 3 N–H and O–H groups in total. The van der Waals surface area contributed by atoms with Crippen LogP contribution in [0, 0.1) is 0 Å². The van der Waals surface area contributed by atoms with Gasteiger partial charge in [-0.3, -0.25) is 4.72 Å². The third-order valence-corrected chi connectivity index (χ3v) is 5.21. The molecule has 0 aliphatic rings. The van der Waals surface area contributed by atoms with Crippen molar-refractivity contribution in [2.45, 2.75) is 25.9 Å². The van der Waals surface area contributed by atoms with Crippen LogP contribution >= 0.6 is 0 Å². The first-order chi connectivity index (χ1) is 11.4. The van der Waals surface area contributed by atoms with E-state index in [1.54, 1.807) is 19.1 Å². The fourth-order valence-corrected chi connectivity index (χ4v) is 3.07. The van der Waals surface area contributed by atoms with Gasteiger partial charge in [-0.25, -0.2) is 8.42 Å². The molecule has 0 saturated carbocycles. The molecule has 0 aliphatic heterocycles. The average Bonchev–Trinajstić information content (AvgIpc) is 2.60. The van der Waals surface area contributed by atoms with E-state index in [0.29, 0.717) is 5.69 Å². The minimum absolute atomic E-state index is 0.00271. The Balaban J connectivity index is 2.05. The number of hydrogen-bond donors (Lipinski definition) is 3. The van der Waals surface area contributed by atoms with Crippen molar-refractivity contribution in [1.82, 2.24) is 5.32 Å². The summed E-state index contributed by atoms with van der Waals surface area (Å²) in [6, 6.07) is 16.9. The monoisotopic (exact) mass is 348 g/mol. The van der Waals surface area contributed by atoms with E-state index in [-0.39, 0.29) is 24.4 Å². The Morgan fingerprint density at radius 2 is 1.62 bits per heavy atom. The first kappa shape index (κ1) is 18.4. The molecular weight excluding hydrogens is 324 g/mol. The molecule has 2 rings (SSSR count). The first-order valence-corrected chi connectivity index (χ1v) is 9.62. The molecule has 0 saturated heterocycles. The Morgan fingerprint density at radius 1 is 1.00 bits per heavy atom. The molecule has 2 unspecified atom stereocenters. The van der Waals surface area contributed by atoms with Gasteiger partial charge < -0.3 is 10.4 Å². The first-order valence-electron chi connectivity index (χ1n) is 7.97. The topological polar surface area (TPSA) is 78.4 Å². The summed E-state index contributed by atoms with van der Waals surface area (Å²) < 4.78 is 25.7. The highest BCUT2D eigenvalue weighted by molar-refractivity contribution is 7.92. The van der Waals surface area contributed by atoms with E-state index in [9.17, 15) is 13.5 Å². The fraction of sp³-hybridized carbons (Fsp3) is 0.333. The zero-order valence-corrected chi connectivity index (χ0v) is 14.8. The van der Waals surface area contributed by atoms with Gasteiger partial charge in [-0.15, -0.1) is 0 Å². The van der Waals surface area contributed by atoms with Gasteiger partial charge in [-0.2, -0.15) is 0 Å². The molecule has 0 heterocycles. The molecule has 0 amide bonds. The highest BCUT2D eigenvalue weighted by Gasteiger charge is 2.14. The zero-order chi connectivity index (χ0) is 17.6. The van der Waals surface area contributed by atoms with Crippen LogP contribution in [0.5, 0.6) is 0 Å². The van der Waals surface area contributed by atoms with Crippen LogP contribution in [0.3, 0.4) is 0 Å². The molecular formula is C18H24N2O3S. The number of aliphatic hydroxyl groups is 1. The molecule has 2 aromatic rings. The maximum atomic E-state index is 11.6. The molecule has 130 valence electrons. The van der Waals surface area contributed by atoms with E-state index in [2.05, 4.69) is 10.0 Å². The fourth-order valence-electron chi connectivity index (χ4n) is 2.43. The summed E-state index contributed by atoms with van der Waals surface area (Å²) >= 11 is 0.